The molecule has 1 aromatic carbocycles. The summed E-state index contributed by atoms with van der Waals surface area (Å²) in [5.41, 5.74) is 9.30. The Hall–Kier alpha value is -0.530. The number of rotatable bonds is 1. The van der Waals surface area contributed by atoms with Crippen LogP contribution in [0.5, 0.6) is 0 Å². The van der Waals surface area contributed by atoms with Gasteiger partial charge in [-0.15, -0.1) is 12.4 Å². The summed E-state index contributed by atoms with van der Waals surface area (Å²) >= 11 is 0. The van der Waals surface area contributed by atoms with Crippen molar-refractivity contribution in [2.75, 3.05) is 0 Å². The smallest absolute Gasteiger partial charge is 0.0441 e. The molecule has 0 saturated carbocycles. The van der Waals surface area contributed by atoms with Crippen molar-refractivity contribution in [2.24, 2.45) is 11.1 Å². The van der Waals surface area contributed by atoms with E-state index in [0.29, 0.717) is 0 Å². The largest absolute Gasteiger partial charge is 0.321 e. The lowest BCUT2D eigenvalue weighted by molar-refractivity contribution is 0.175. The molecule has 0 heterocycles. The average Bonchev–Trinajstić information content (AvgIpc) is 2.37. The van der Waals surface area contributed by atoms with Crippen molar-refractivity contribution in [2.45, 2.75) is 39.2 Å². The topological polar surface area (TPSA) is 26.0 Å². The van der Waals surface area contributed by atoms with Crippen molar-refractivity contribution >= 4 is 12.4 Å². The number of fused-ring (bicyclic) bond motifs is 1. The quantitative estimate of drug-likeness (QED) is 0.780. The third-order valence-corrected chi connectivity index (χ3v) is 4.19. The highest BCUT2D eigenvalue weighted by Crippen LogP contribution is 2.49. The van der Waals surface area contributed by atoms with Crippen LogP contribution in [0.15, 0.2) is 24.3 Å². The molecule has 0 bridgehead atoms. The van der Waals surface area contributed by atoms with E-state index in [-0.39, 0.29) is 23.4 Å². The van der Waals surface area contributed by atoms with Gasteiger partial charge in [-0.1, -0.05) is 38.1 Å². The fourth-order valence-electron chi connectivity index (χ4n) is 2.60. The van der Waals surface area contributed by atoms with Crippen molar-refractivity contribution in [1.29, 1.82) is 0 Å². The molecule has 0 radical (unpaired) electrons. The first-order chi connectivity index (χ1) is 6.51. The molecule has 0 amide bonds. The van der Waals surface area contributed by atoms with Crippen molar-refractivity contribution in [3.05, 3.63) is 35.4 Å². The Kier molecular flexibility index (Phi) is 3.18. The highest BCUT2D eigenvalue weighted by atomic mass is 35.5. The van der Waals surface area contributed by atoms with Crippen LogP contribution in [0.3, 0.4) is 0 Å². The Morgan fingerprint density at radius 1 is 1.27 bits per heavy atom. The Morgan fingerprint density at radius 2 is 1.87 bits per heavy atom. The maximum Gasteiger partial charge on any atom is 0.0441 e. The van der Waals surface area contributed by atoms with E-state index in [1.165, 1.54) is 11.1 Å². The van der Waals surface area contributed by atoms with Crippen molar-refractivity contribution in [3.8, 4) is 0 Å². The molecule has 0 saturated heterocycles. The summed E-state index contributed by atoms with van der Waals surface area (Å²) < 4.78 is 0. The SMILES string of the molecule is CC[C@]1(C)Cc2ccccc2[C@]1(C)N.Cl. The first-order valence-corrected chi connectivity index (χ1v) is 5.38. The Balaban J connectivity index is 0.00000112. The summed E-state index contributed by atoms with van der Waals surface area (Å²) in [4.78, 5) is 0. The predicted molar refractivity (Wildman–Crippen MR) is 67.3 cm³/mol. The van der Waals surface area contributed by atoms with Gasteiger partial charge in [-0.25, -0.2) is 0 Å². The summed E-state index contributed by atoms with van der Waals surface area (Å²) in [5.74, 6) is 0. The second-order valence-electron chi connectivity index (χ2n) is 4.95. The summed E-state index contributed by atoms with van der Waals surface area (Å²) in [6.45, 7) is 6.70. The van der Waals surface area contributed by atoms with Crippen LogP contribution < -0.4 is 5.73 Å². The van der Waals surface area contributed by atoms with Gasteiger partial charge in [0.15, 0.2) is 0 Å². The molecule has 0 unspecified atom stereocenters. The zero-order valence-electron chi connectivity index (χ0n) is 9.71. The fraction of sp³-hybridized carbons (Fsp3) is 0.538. The van der Waals surface area contributed by atoms with E-state index in [0.717, 1.165) is 12.8 Å². The van der Waals surface area contributed by atoms with Crippen LogP contribution in [0, 0.1) is 5.41 Å². The molecule has 84 valence electrons. The standard InChI is InChI=1S/C13H19N.ClH/c1-4-12(2)9-10-7-5-6-8-11(10)13(12,3)14;/h5-8H,4,9,14H2,1-3H3;1H/t12-,13+;/m1./s1. The predicted octanol–water partition coefficient (Wildman–Crippen LogP) is 3.25. The minimum Gasteiger partial charge on any atom is -0.321 e. The van der Waals surface area contributed by atoms with Crippen LogP contribution >= 0.6 is 12.4 Å². The van der Waals surface area contributed by atoms with E-state index in [9.17, 15) is 0 Å². The maximum atomic E-state index is 6.48. The van der Waals surface area contributed by atoms with Crippen LogP contribution in [-0.2, 0) is 12.0 Å². The molecule has 2 heteroatoms. The Labute approximate surface area is 98.5 Å². The van der Waals surface area contributed by atoms with Gasteiger partial charge in [-0.05, 0) is 36.3 Å². The Morgan fingerprint density at radius 3 is 2.40 bits per heavy atom. The second kappa shape index (κ2) is 3.80. The van der Waals surface area contributed by atoms with Crippen molar-refractivity contribution < 1.29 is 0 Å². The zero-order chi connectivity index (χ0) is 10.4. The molecule has 1 aliphatic carbocycles. The molecule has 2 rings (SSSR count). The number of hydrogen-bond acceptors (Lipinski definition) is 1. The van der Waals surface area contributed by atoms with E-state index in [1.54, 1.807) is 0 Å². The lowest BCUT2D eigenvalue weighted by Gasteiger charge is -2.38. The molecule has 2 N–H and O–H groups in total. The van der Waals surface area contributed by atoms with Gasteiger partial charge in [0, 0.05) is 5.54 Å². The van der Waals surface area contributed by atoms with Gasteiger partial charge < -0.3 is 5.73 Å². The van der Waals surface area contributed by atoms with Gasteiger partial charge >= 0.3 is 0 Å². The molecule has 2 atom stereocenters. The summed E-state index contributed by atoms with van der Waals surface area (Å²) in [7, 11) is 0. The molecule has 1 aromatic rings. The van der Waals surface area contributed by atoms with Crippen LogP contribution in [0.2, 0.25) is 0 Å². The summed E-state index contributed by atoms with van der Waals surface area (Å²) in [6.07, 6.45) is 2.25. The van der Waals surface area contributed by atoms with Crippen LogP contribution in [0.1, 0.15) is 38.3 Å². The monoisotopic (exact) mass is 225 g/mol. The molecule has 1 aliphatic rings. The Bertz CT molecular complexity index is 359. The molecule has 1 nitrogen and oxygen atoms in total. The van der Waals surface area contributed by atoms with Crippen LogP contribution in [-0.4, -0.2) is 0 Å². The van der Waals surface area contributed by atoms with Gasteiger partial charge in [0.1, 0.15) is 0 Å². The van der Waals surface area contributed by atoms with Gasteiger partial charge in [-0.3, -0.25) is 0 Å². The first kappa shape index (κ1) is 12.5. The van der Waals surface area contributed by atoms with E-state index in [4.69, 9.17) is 5.73 Å². The molecular weight excluding hydrogens is 206 g/mol. The van der Waals surface area contributed by atoms with E-state index >= 15 is 0 Å². The van der Waals surface area contributed by atoms with E-state index in [1.807, 2.05) is 0 Å². The minimum atomic E-state index is -0.168. The highest BCUT2D eigenvalue weighted by Gasteiger charge is 2.47. The number of benzene rings is 1. The lowest BCUT2D eigenvalue weighted by Crippen LogP contribution is -2.45. The maximum absolute atomic E-state index is 6.48. The van der Waals surface area contributed by atoms with Crippen molar-refractivity contribution in [1.82, 2.24) is 0 Å². The van der Waals surface area contributed by atoms with Gasteiger partial charge in [0.05, 0.1) is 0 Å². The molecule has 0 aromatic heterocycles. The number of halogens is 1. The molecule has 0 aliphatic heterocycles. The van der Waals surface area contributed by atoms with Crippen LogP contribution in [0.25, 0.3) is 0 Å². The normalized spacial score (nSPS) is 33.3. The summed E-state index contributed by atoms with van der Waals surface area (Å²) in [5, 5.41) is 0. The van der Waals surface area contributed by atoms with Crippen LogP contribution in [0.4, 0.5) is 0 Å². The minimum absolute atomic E-state index is 0. The number of hydrogen-bond donors (Lipinski definition) is 1. The second-order valence-corrected chi connectivity index (χ2v) is 4.95. The van der Waals surface area contributed by atoms with E-state index < -0.39 is 0 Å². The third-order valence-electron chi connectivity index (χ3n) is 4.19. The fourth-order valence-corrected chi connectivity index (χ4v) is 2.60. The highest BCUT2D eigenvalue weighted by molar-refractivity contribution is 5.85. The summed E-state index contributed by atoms with van der Waals surface area (Å²) in [6, 6.07) is 8.58. The van der Waals surface area contributed by atoms with Gasteiger partial charge in [-0.2, -0.15) is 0 Å². The molecular formula is C13H20ClN. The lowest BCUT2D eigenvalue weighted by atomic mass is 9.71. The van der Waals surface area contributed by atoms with E-state index in [2.05, 4.69) is 45.0 Å². The molecule has 15 heavy (non-hydrogen) atoms. The van der Waals surface area contributed by atoms with Gasteiger partial charge in [0.25, 0.3) is 0 Å². The molecule has 0 spiro atoms. The van der Waals surface area contributed by atoms with Gasteiger partial charge in [0.2, 0.25) is 0 Å². The van der Waals surface area contributed by atoms with Crippen molar-refractivity contribution in [3.63, 3.8) is 0 Å². The average molecular weight is 226 g/mol. The first-order valence-electron chi connectivity index (χ1n) is 5.38. The molecule has 0 fully saturated rings. The third kappa shape index (κ3) is 1.58. The zero-order valence-corrected chi connectivity index (χ0v) is 10.5. The number of nitrogens with two attached hydrogens (primary N) is 1.